The van der Waals surface area contributed by atoms with E-state index in [0.717, 1.165) is 30.2 Å². The molecule has 0 aliphatic carbocycles. The second kappa shape index (κ2) is 7.20. The lowest BCUT2D eigenvalue weighted by molar-refractivity contribution is 0.914. The second-order valence-electron chi connectivity index (χ2n) is 4.88. The molecule has 0 amide bonds. The normalized spacial score (nSPS) is 10.3. The summed E-state index contributed by atoms with van der Waals surface area (Å²) in [4.78, 5) is 2.25. The molecule has 2 nitrogen and oxygen atoms in total. The van der Waals surface area contributed by atoms with Crippen molar-refractivity contribution < 1.29 is 0 Å². The van der Waals surface area contributed by atoms with Crippen molar-refractivity contribution in [1.82, 2.24) is 0 Å². The lowest BCUT2D eigenvalue weighted by Crippen LogP contribution is -2.24. The Morgan fingerprint density at radius 3 is 2.50 bits per heavy atom. The van der Waals surface area contributed by atoms with Gasteiger partial charge in [-0.15, -0.1) is 0 Å². The molecule has 0 radical (unpaired) electrons. The van der Waals surface area contributed by atoms with E-state index in [2.05, 4.69) is 48.5 Å². The summed E-state index contributed by atoms with van der Waals surface area (Å²) in [6.07, 6.45) is 1.08. The number of hydrogen-bond acceptors (Lipinski definition) is 2. The van der Waals surface area contributed by atoms with Gasteiger partial charge in [0.1, 0.15) is 0 Å². The van der Waals surface area contributed by atoms with Crippen LogP contribution in [0.25, 0.3) is 0 Å². The minimum absolute atomic E-state index is 0.763. The zero-order valence-corrected chi connectivity index (χ0v) is 12.8. The molecular formula is C17H21ClN2. The Kier molecular flexibility index (Phi) is 5.31. The van der Waals surface area contributed by atoms with E-state index >= 15 is 0 Å². The third kappa shape index (κ3) is 4.17. The number of nitrogens with zero attached hydrogens (tertiary/aromatic N) is 1. The molecule has 2 rings (SSSR count). The minimum atomic E-state index is 0.763. The van der Waals surface area contributed by atoms with Crippen molar-refractivity contribution in [3.05, 3.63) is 59.1 Å². The molecule has 0 fully saturated rings. The van der Waals surface area contributed by atoms with Gasteiger partial charge >= 0.3 is 0 Å². The highest BCUT2D eigenvalue weighted by Gasteiger charge is 2.00. The van der Waals surface area contributed by atoms with Crippen molar-refractivity contribution >= 4 is 23.0 Å². The summed E-state index contributed by atoms with van der Waals surface area (Å²) in [6.45, 7) is 4.00. The van der Waals surface area contributed by atoms with E-state index in [4.69, 9.17) is 11.6 Å². The highest BCUT2D eigenvalue weighted by Crippen LogP contribution is 2.16. The molecule has 0 saturated carbocycles. The molecule has 0 atom stereocenters. The van der Waals surface area contributed by atoms with Gasteiger partial charge in [-0.3, -0.25) is 0 Å². The van der Waals surface area contributed by atoms with Gasteiger partial charge < -0.3 is 10.2 Å². The van der Waals surface area contributed by atoms with Crippen molar-refractivity contribution in [3.63, 3.8) is 0 Å². The number of halogens is 1. The minimum Gasteiger partial charge on any atom is -0.383 e. The zero-order valence-electron chi connectivity index (χ0n) is 12.1. The Morgan fingerprint density at radius 2 is 1.85 bits per heavy atom. The first kappa shape index (κ1) is 14.7. The van der Waals surface area contributed by atoms with E-state index in [-0.39, 0.29) is 0 Å². The van der Waals surface area contributed by atoms with Crippen LogP contribution < -0.4 is 10.2 Å². The van der Waals surface area contributed by atoms with Crippen molar-refractivity contribution in [3.8, 4) is 0 Å². The summed E-state index contributed by atoms with van der Waals surface area (Å²) in [5.74, 6) is 0. The number of nitrogens with one attached hydrogen (secondary N) is 1. The molecule has 0 aliphatic rings. The third-order valence-electron chi connectivity index (χ3n) is 3.39. The SMILES string of the molecule is CCc1ccc(N(C)CCNc2cccc(Cl)c2)cc1. The standard InChI is InChI=1S/C17H21ClN2/c1-3-14-7-9-17(10-8-14)20(2)12-11-19-16-6-4-5-15(18)13-16/h4-10,13,19H,3,11-12H2,1-2H3. The van der Waals surface area contributed by atoms with Crippen molar-refractivity contribution in [1.29, 1.82) is 0 Å². The number of aryl methyl sites for hydroxylation is 1. The fraction of sp³-hybridized carbons (Fsp3) is 0.294. The molecule has 20 heavy (non-hydrogen) atoms. The maximum atomic E-state index is 5.96. The Hall–Kier alpha value is -1.67. The second-order valence-corrected chi connectivity index (χ2v) is 5.32. The van der Waals surface area contributed by atoms with E-state index in [1.165, 1.54) is 11.3 Å². The van der Waals surface area contributed by atoms with Gasteiger partial charge in [-0.2, -0.15) is 0 Å². The molecule has 0 saturated heterocycles. The van der Waals surface area contributed by atoms with Crippen molar-refractivity contribution in [2.24, 2.45) is 0 Å². The van der Waals surface area contributed by atoms with Crippen molar-refractivity contribution in [2.75, 3.05) is 30.4 Å². The molecule has 106 valence electrons. The Balaban J connectivity index is 1.83. The van der Waals surface area contributed by atoms with E-state index in [1.54, 1.807) is 0 Å². The molecule has 0 unspecified atom stereocenters. The van der Waals surface area contributed by atoms with Gasteiger partial charge in [-0.1, -0.05) is 36.7 Å². The molecule has 0 heterocycles. The van der Waals surface area contributed by atoms with Gasteiger partial charge in [0.25, 0.3) is 0 Å². The highest BCUT2D eigenvalue weighted by atomic mass is 35.5. The van der Waals surface area contributed by atoms with Crippen LogP contribution in [0.2, 0.25) is 5.02 Å². The van der Waals surface area contributed by atoms with Crippen LogP contribution in [0, 0.1) is 0 Å². The van der Waals surface area contributed by atoms with Gasteiger partial charge in [-0.25, -0.2) is 0 Å². The summed E-state index contributed by atoms with van der Waals surface area (Å²) in [6, 6.07) is 16.6. The van der Waals surface area contributed by atoms with Crippen LogP contribution in [-0.2, 0) is 6.42 Å². The molecule has 0 aromatic heterocycles. The van der Waals surface area contributed by atoms with Crippen LogP contribution in [0.4, 0.5) is 11.4 Å². The molecule has 2 aromatic carbocycles. The van der Waals surface area contributed by atoms with Crippen LogP contribution in [0.1, 0.15) is 12.5 Å². The predicted octanol–water partition coefficient (Wildman–Crippen LogP) is 4.45. The number of rotatable bonds is 6. The summed E-state index contributed by atoms with van der Waals surface area (Å²) >= 11 is 5.96. The fourth-order valence-electron chi connectivity index (χ4n) is 2.08. The van der Waals surface area contributed by atoms with E-state index in [9.17, 15) is 0 Å². The first-order valence-corrected chi connectivity index (χ1v) is 7.36. The van der Waals surface area contributed by atoms with Crippen LogP contribution in [0.3, 0.4) is 0 Å². The first-order valence-electron chi connectivity index (χ1n) is 6.98. The molecule has 0 aliphatic heterocycles. The molecule has 1 N–H and O–H groups in total. The van der Waals surface area contributed by atoms with Crippen molar-refractivity contribution in [2.45, 2.75) is 13.3 Å². The quantitative estimate of drug-likeness (QED) is 0.845. The van der Waals surface area contributed by atoms with Gasteiger partial charge in [0.05, 0.1) is 0 Å². The molecule has 0 spiro atoms. The predicted molar refractivity (Wildman–Crippen MR) is 89.0 cm³/mol. The maximum Gasteiger partial charge on any atom is 0.0426 e. The number of benzene rings is 2. The zero-order chi connectivity index (χ0) is 14.4. The van der Waals surface area contributed by atoms with Crippen LogP contribution >= 0.6 is 11.6 Å². The van der Waals surface area contributed by atoms with Gasteiger partial charge in [-0.05, 0) is 42.3 Å². The molecule has 2 aromatic rings. The Morgan fingerprint density at radius 1 is 1.10 bits per heavy atom. The van der Waals surface area contributed by atoms with Gasteiger partial charge in [0, 0.05) is 36.5 Å². The topological polar surface area (TPSA) is 15.3 Å². The highest BCUT2D eigenvalue weighted by molar-refractivity contribution is 6.30. The summed E-state index contributed by atoms with van der Waals surface area (Å²) in [7, 11) is 2.11. The Labute approximate surface area is 126 Å². The number of hydrogen-bond donors (Lipinski definition) is 1. The van der Waals surface area contributed by atoms with Gasteiger partial charge in [0.15, 0.2) is 0 Å². The monoisotopic (exact) mass is 288 g/mol. The average molecular weight is 289 g/mol. The largest absolute Gasteiger partial charge is 0.383 e. The smallest absolute Gasteiger partial charge is 0.0426 e. The fourth-order valence-corrected chi connectivity index (χ4v) is 2.27. The van der Waals surface area contributed by atoms with E-state index < -0.39 is 0 Å². The Bertz CT molecular complexity index is 537. The third-order valence-corrected chi connectivity index (χ3v) is 3.62. The molecule has 0 bridgehead atoms. The molecule has 3 heteroatoms. The average Bonchev–Trinajstić information content (AvgIpc) is 2.47. The number of anilines is 2. The van der Waals surface area contributed by atoms with Crippen LogP contribution in [0.15, 0.2) is 48.5 Å². The maximum absolute atomic E-state index is 5.96. The van der Waals surface area contributed by atoms with Gasteiger partial charge in [0.2, 0.25) is 0 Å². The van der Waals surface area contributed by atoms with E-state index in [1.807, 2.05) is 24.3 Å². The van der Waals surface area contributed by atoms with Crippen LogP contribution in [-0.4, -0.2) is 20.1 Å². The summed E-state index contributed by atoms with van der Waals surface area (Å²) < 4.78 is 0. The lowest BCUT2D eigenvalue weighted by Gasteiger charge is -2.20. The van der Waals surface area contributed by atoms with Crippen LogP contribution in [0.5, 0.6) is 0 Å². The number of likely N-dealkylation sites (N-methyl/N-ethyl adjacent to an activating group) is 1. The first-order chi connectivity index (χ1) is 9.69. The summed E-state index contributed by atoms with van der Waals surface area (Å²) in [5, 5.41) is 4.15. The molecular weight excluding hydrogens is 268 g/mol. The summed E-state index contributed by atoms with van der Waals surface area (Å²) in [5.41, 5.74) is 3.68. The van der Waals surface area contributed by atoms with E-state index in [0.29, 0.717) is 0 Å². The lowest BCUT2D eigenvalue weighted by atomic mass is 10.1.